The van der Waals surface area contributed by atoms with Crippen molar-refractivity contribution in [1.82, 2.24) is 10.2 Å². The zero-order valence-corrected chi connectivity index (χ0v) is 11.8. The summed E-state index contributed by atoms with van der Waals surface area (Å²) in [6.07, 6.45) is 0. The summed E-state index contributed by atoms with van der Waals surface area (Å²) < 4.78 is 0. The van der Waals surface area contributed by atoms with E-state index in [1.165, 1.54) is 0 Å². The van der Waals surface area contributed by atoms with Gasteiger partial charge in [-0.1, -0.05) is 23.7 Å². The first-order valence-corrected chi connectivity index (χ1v) is 6.30. The summed E-state index contributed by atoms with van der Waals surface area (Å²) in [4.78, 5) is 13.7. The van der Waals surface area contributed by atoms with Gasteiger partial charge < -0.3 is 15.5 Å². The van der Waals surface area contributed by atoms with Gasteiger partial charge in [0, 0.05) is 12.6 Å². The summed E-state index contributed by atoms with van der Waals surface area (Å²) in [6.45, 7) is 2.92. The van der Waals surface area contributed by atoms with E-state index in [2.05, 4.69) is 22.5 Å². The normalized spacial score (nSPS) is 12.3. The number of amides is 1. The lowest BCUT2D eigenvalue weighted by atomic mass is 10.3. The number of carbonyl (C=O) groups excluding carboxylic acids is 1. The van der Waals surface area contributed by atoms with Crippen LogP contribution in [0, 0.1) is 0 Å². The van der Waals surface area contributed by atoms with Gasteiger partial charge in [-0.2, -0.15) is 0 Å². The number of halogens is 1. The molecule has 0 heterocycles. The van der Waals surface area contributed by atoms with Gasteiger partial charge in [0.2, 0.25) is 5.91 Å². The van der Waals surface area contributed by atoms with E-state index < -0.39 is 0 Å². The molecule has 1 rings (SSSR count). The van der Waals surface area contributed by atoms with Crippen LogP contribution >= 0.6 is 11.6 Å². The third-order valence-corrected chi connectivity index (χ3v) is 3.12. The number of likely N-dealkylation sites (N-methyl/N-ethyl adjacent to an activating group) is 1. The predicted molar refractivity (Wildman–Crippen MR) is 76.1 cm³/mol. The Hall–Kier alpha value is -1.26. The molecule has 0 spiro atoms. The molecule has 0 saturated carbocycles. The minimum atomic E-state index is -0.0383. The molecule has 1 aromatic carbocycles. The van der Waals surface area contributed by atoms with Gasteiger partial charge in [-0.05, 0) is 33.2 Å². The van der Waals surface area contributed by atoms with Crippen LogP contribution in [0.5, 0.6) is 0 Å². The van der Waals surface area contributed by atoms with Crippen molar-refractivity contribution in [2.45, 2.75) is 13.0 Å². The first-order chi connectivity index (χ1) is 8.50. The summed E-state index contributed by atoms with van der Waals surface area (Å²) in [7, 11) is 3.97. The van der Waals surface area contributed by atoms with Gasteiger partial charge in [-0.25, -0.2) is 0 Å². The summed E-state index contributed by atoms with van der Waals surface area (Å²) >= 11 is 5.98. The molecule has 0 fully saturated rings. The standard InChI is InChI=1S/C13H20ClN3O/c1-10(17(2)3)8-16-13(18)9-15-12-7-5-4-6-11(12)14/h4-7,10,15H,8-9H2,1-3H3,(H,16,18)/t10-/m0/s1. The predicted octanol–water partition coefficient (Wildman–Crippen LogP) is 1.82. The van der Waals surface area contributed by atoms with E-state index in [9.17, 15) is 4.79 Å². The highest BCUT2D eigenvalue weighted by molar-refractivity contribution is 6.33. The maximum atomic E-state index is 11.6. The molecule has 0 saturated heterocycles. The van der Waals surface area contributed by atoms with E-state index in [4.69, 9.17) is 11.6 Å². The molecule has 0 bridgehead atoms. The quantitative estimate of drug-likeness (QED) is 0.828. The van der Waals surface area contributed by atoms with Crippen molar-refractivity contribution in [3.63, 3.8) is 0 Å². The molecule has 5 heteroatoms. The molecule has 0 aliphatic heterocycles. The number of anilines is 1. The number of hydrogen-bond acceptors (Lipinski definition) is 3. The van der Waals surface area contributed by atoms with Crippen molar-refractivity contribution in [2.75, 3.05) is 32.5 Å². The Morgan fingerprint density at radius 2 is 2.06 bits per heavy atom. The molecular formula is C13H20ClN3O. The first-order valence-electron chi connectivity index (χ1n) is 5.92. The van der Waals surface area contributed by atoms with E-state index in [0.29, 0.717) is 17.6 Å². The maximum Gasteiger partial charge on any atom is 0.239 e. The van der Waals surface area contributed by atoms with Gasteiger partial charge in [0.05, 0.1) is 17.3 Å². The number of nitrogens with zero attached hydrogens (tertiary/aromatic N) is 1. The van der Waals surface area contributed by atoms with Crippen LogP contribution in [0.25, 0.3) is 0 Å². The van der Waals surface area contributed by atoms with Crippen LogP contribution in [0.2, 0.25) is 5.02 Å². The number of carbonyl (C=O) groups is 1. The van der Waals surface area contributed by atoms with E-state index >= 15 is 0 Å². The second kappa shape index (κ2) is 7.24. The van der Waals surface area contributed by atoms with Crippen LogP contribution < -0.4 is 10.6 Å². The van der Waals surface area contributed by atoms with Crippen LogP contribution in [0.1, 0.15) is 6.92 Å². The number of benzene rings is 1. The second-order valence-corrected chi connectivity index (χ2v) is 4.86. The highest BCUT2D eigenvalue weighted by Gasteiger charge is 2.07. The van der Waals surface area contributed by atoms with Crippen LogP contribution in [0.15, 0.2) is 24.3 Å². The van der Waals surface area contributed by atoms with Crippen molar-refractivity contribution >= 4 is 23.2 Å². The number of rotatable bonds is 6. The Labute approximate surface area is 113 Å². The number of hydrogen-bond donors (Lipinski definition) is 2. The minimum absolute atomic E-state index is 0.0383. The molecule has 0 aliphatic rings. The van der Waals surface area contributed by atoms with Crippen molar-refractivity contribution in [1.29, 1.82) is 0 Å². The zero-order chi connectivity index (χ0) is 13.5. The highest BCUT2D eigenvalue weighted by atomic mass is 35.5. The molecule has 0 aromatic heterocycles. The Kier molecular flexibility index (Phi) is 5.95. The van der Waals surface area contributed by atoms with Crippen LogP contribution in [-0.4, -0.2) is 44.0 Å². The lowest BCUT2D eigenvalue weighted by Crippen LogP contribution is -2.40. The Bertz CT molecular complexity index is 396. The van der Waals surface area contributed by atoms with Gasteiger partial charge in [0.25, 0.3) is 0 Å². The summed E-state index contributed by atoms with van der Waals surface area (Å²) in [5.41, 5.74) is 0.773. The molecule has 1 atom stereocenters. The third-order valence-electron chi connectivity index (χ3n) is 2.79. The molecule has 18 heavy (non-hydrogen) atoms. The molecule has 0 unspecified atom stereocenters. The fourth-order valence-corrected chi connectivity index (χ4v) is 1.49. The van der Waals surface area contributed by atoms with Gasteiger partial charge in [-0.3, -0.25) is 4.79 Å². The monoisotopic (exact) mass is 269 g/mol. The Morgan fingerprint density at radius 1 is 1.39 bits per heavy atom. The lowest BCUT2D eigenvalue weighted by Gasteiger charge is -2.20. The molecule has 1 amide bonds. The zero-order valence-electron chi connectivity index (χ0n) is 11.0. The van der Waals surface area contributed by atoms with E-state index in [1.54, 1.807) is 6.07 Å². The molecule has 1 aromatic rings. The first kappa shape index (κ1) is 14.8. The van der Waals surface area contributed by atoms with E-state index in [0.717, 1.165) is 5.69 Å². The van der Waals surface area contributed by atoms with Crippen molar-refractivity contribution in [2.24, 2.45) is 0 Å². The smallest absolute Gasteiger partial charge is 0.239 e. The number of para-hydroxylation sites is 1. The second-order valence-electron chi connectivity index (χ2n) is 4.45. The van der Waals surface area contributed by atoms with E-state index in [1.807, 2.05) is 32.3 Å². The van der Waals surface area contributed by atoms with Crippen molar-refractivity contribution in [3.05, 3.63) is 29.3 Å². The van der Waals surface area contributed by atoms with Crippen LogP contribution in [-0.2, 0) is 4.79 Å². The minimum Gasteiger partial charge on any atom is -0.375 e. The largest absolute Gasteiger partial charge is 0.375 e. The van der Waals surface area contributed by atoms with Gasteiger partial charge >= 0.3 is 0 Å². The average molecular weight is 270 g/mol. The lowest BCUT2D eigenvalue weighted by molar-refractivity contribution is -0.119. The Morgan fingerprint density at radius 3 is 2.67 bits per heavy atom. The molecule has 2 N–H and O–H groups in total. The summed E-state index contributed by atoms with van der Waals surface area (Å²) in [5.74, 6) is -0.0383. The topological polar surface area (TPSA) is 44.4 Å². The van der Waals surface area contributed by atoms with Crippen LogP contribution in [0.4, 0.5) is 5.69 Å². The van der Waals surface area contributed by atoms with Crippen molar-refractivity contribution < 1.29 is 4.79 Å². The maximum absolute atomic E-state index is 11.6. The van der Waals surface area contributed by atoms with Crippen LogP contribution in [0.3, 0.4) is 0 Å². The van der Waals surface area contributed by atoms with Gasteiger partial charge in [0.15, 0.2) is 0 Å². The average Bonchev–Trinajstić information content (AvgIpc) is 2.34. The Balaban J connectivity index is 2.32. The fraction of sp³-hybridized carbons (Fsp3) is 0.462. The SMILES string of the molecule is C[C@@H](CNC(=O)CNc1ccccc1Cl)N(C)C. The number of nitrogens with one attached hydrogen (secondary N) is 2. The van der Waals surface area contributed by atoms with Gasteiger partial charge in [0.1, 0.15) is 0 Å². The fourth-order valence-electron chi connectivity index (χ4n) is 1.29. The van der Waals surface area contributed by atoms with E-state index in [-0.39, 0.29) is 12.5 Å². The molecule has 100 valence electrons. The third kappa shape index (κ3) is 4.94. The summed E-state index contributed by atoms with van der Waals surface area (Å²) in [5, 5.41) is 6.49. The van der Waals surface area contributed by atoms with Gasteiger partial charge in [-0.15, -0.1) is 0 Å². The molecular weight excluding hydrogens is 250 g/mol. The molecule has 0 radical (unpaired) electrons. The summed E-state index contributed by atoms with van der Waals surface area (Å²) in [6, 6.07) is 7.68. The molecule has 0 aliphatic carbocycles. The highest BCUT2D eigenvalue weighted by Crippen LogP contribution is 2.19. The molecule has 4 nitrogen and oxygen atoms in total. The van der Waals surface area contributed by atoms with Crippen molar-refractivity contribution in [3.8, 4) is 0 Å².